The Morgan fingerprint density at radius 2 is 1.82 bits per heavy atom. The van der Waals surface area contributed by atoms with E-state index in [2.05, 4.69) is 4.74 Å². The van der Waals surface area contributed by atoms with Crippen LogP contribution in [-0.2, 0) is 22.7 Å². The third-order valence-corrected chi connectivity index (χ3v) is 5.87. The standard InChI is InChI=1S/C25H21NO7S/c1-30-21-12-17(8-10-19(21)32-15-18-9-11-20(33-18)24(28)31-2)13-22-23(27)26(25(29)34-22)14-16-6-4-3-5-7-16/h3-13H,14-15H2,1-2H3/b22-13+. The number of carbonyl (C=O) groups is 3. The quantitative estimate of drug-likeness (QED) is 0.333. The number of amides is 2. The van der Waals surface area contributed by atoms with Gasteiger partial charge in [-0.2, -0.15) is 0 Å². The highest BCUT2D eigenvalue weighted by Crippen LogP contribution is 2.35. The molecular formula is C25H21NO7S. The monoisotopic (exact) mass is 479 g/mol. The van der Waals surface area contributed by atoms with Crippen molar-refractivity contribution in [3.63, 3.8) is 0 Å². The molecule has 0 aliphatic carbocycles. The Bertz CT molecular complexity index is 1250. The number of methoxy groups -OCH3 is 2. The first kappa shape index (κ1) is 23.2. The van der Waals surface area contributed by atoms with E-state index in [4.69, 9.17) is 13.9 Å². The maximum absolute atomic E-state index is 12.8. The highest BCUT2D eigenvalue weighted by molar-refractivity contribution is 8.18. The van der Waals surface area contributed by atoms with E-state index < -0.39 is 5.97 Å². The molecule has 1 aliphatic rings. The fraction of sp³-hybridized carbons (Fsp3) is 0.160. The number of imide groups is 1. The molecule has 9 heteroatoms. The summed E-state index contributed by atoms with van der Waals surface area (Å²) < 4.78 is 21.2. The average Bonchev–Trinajstić information content (AvgIpc) is 3.43. The lowest BCUT2D eigenvalue weighted by molar-refractivity contribution is -0.123. The van der Waals surface area contributed by atoms with Crippen LogP contribution in [0.5, 0.6) is 11.5 Å². The Hall–Kier alpha value is -3.98. The molecule has 1 fully saturated rings. The molecule has 1 aromatic heterocycles. The number of esters is 1. The number of ether oxygens (including phenoxy) is 3. The summed E-state index contributed by atoms with van der Waals surface area (Å²) in [4.78, 5) is 38.3. The van der Waals surface area contributed by atoms with E-state index in [1.165, 1.54) is 25.2 Å². The first-order chi connectivity index (χ1) is 16.5. The van der Waals surface area contributed by atoms with Crippen molar-refractivity contribution in [1.29, 1.82) is 0 Å². The summed E-state index contributed by atoms with van der Waals surface area (Å²) in [6.07, 6.45) is 1.65. The maximum Gasteiger partial charge on any atom is 0.373 e. The van der Waals surface area contributed by atoms with E-state index in [1.807, 2.05) is 30.3 Å². The van der Waals surface area contributed by atoms with Gasteiger partial charge in [-0.25, -0.2) is 4.79 Å². The first-order valence-electron chi connectivity index (χ1n) is 10.3. The molecule has 0 spiro atoms. The molecule has 8 nitrogen and oxygen atoms in total. The van der Waals surface area contributed by atoms with E-state index >= 15 is 0 Å². The van der Waals surface area contributed by atoms with Gasteiger partial charge >= 0.3 is 5.97 Å². The SMILES string of the molecule is COC(=O)c1ccc(COc2ccc(/C=C3/SC(=O)N(Cc4ccccc4)C3=O)cc2OC)o1. The Kier molecular flexibility index (Phi) is 7.03. The Morgan fingerprint density at radius 1 is 1.03 bits per heavy atom. The lowest BCUT2D eigenvalue weighted by Crippen LogP contribution is -2.27. The van der Waals surface area contributed by atoms with Crippen LogP contribution in [0.4, 0.5) is 4.79 Å². The summed E-state index contributed by atoms with van der Waals surface area (Å²) in [5.41, 5.74) is 1.56. The molecule has 1 aliphatic heterocycles. The second-order valence-electron chi connectivity index (χ2n) is 7.21. The van der Waals surface area contributed by atoms with Crippen molar-refractivity contribution in [2.24, 2.45) is 0 Å². The van der Waals surface area contributed by atoms with Crippen LogP contribution in [0.2, 0.25) is 0 Å². The summed E-state index contributed by atoms with van der Waals surface area (Å²) in [7, 11) is 2.78. The molecule has 4 rings (SSSR count). The van der Waals surface area contributed by atoms with Crippen molar-refractivity contribution in [1.82, 2.24) is 4.90 Å². The third kappa shape index (κ3) is 5.15. The summed E-state index contributed by atoms with van der Waals surface area (Å²) in [6.45, 7) is 0.300. The van der Waals surface area contributed by atoms with Gasteiger partial charge in [0, 0.05) is 0 Å². The number of furan rings is 1. The Labute approximate surface area is 200 Å². The highest BCUT2D eigenvalue weighted by atomic mass is 32.2. The van der Waals surface area contributed by atoms with Crippen LogP contribution in [0, 0.1) is 0 Å². The predicted octanol–water partition coefficient (Wildman–Crippen LogP) is 4.89. The number of nitrogens with zero attached hydrogens (tertiary/aromatic N) is 1. The van der Waals surface area contributed by atoms with Gasteiger partial charge in [0.2, 0.25) is 5.76 Å². The van der Waals surface area contributed by atoms with E-state index in [1.54, 1.807) is 30.3 Å². The van der Waals surface area contributed by atoms with Crippen molar-refractivity contribution in [2.45, 2.75) is 13.2 Å². The van der Waals surface area contributed by atoms with Crippen molar-refractivity contribution in [3.8, 4) is 11.5 Å². The van der Waals surface area contributed by atoms with E-state index in [0.717, 1.165) is 17.3 Å². The summed E-state index contributed by atoms with van der Waals surface area (Å²) in [5, 5.41) is -0.309. The molecule has 0 saturated carbocycles. The number of carbonyl (C=O) groups excluding carboxylic acids is 3. The summed E-state index contributed by atoms with van der Waals surface area (Å²) in [5.74, 6) is 0.520. The molecule has 2 heterocycles. The van der Waals surface area contributed by atoms with Crippen LogP contribution in [0.3, 0.4) is 0 Å². The lowest BCUT2D eigenvalue weighted by atomic mass is 10.1. The molecule has 0 unspecified atom stereocenters. The normalized spacial score (nSPS) is 14.5. The number of rotatable bonds is 8. The maximum atomic E-state index is 12.8. The van der Waals surface area contributed by atoms with Crippen molar-refractivity contribution in [3.05, 3.63) is 88.2 Å². The number of hydrogen-bond acceptors (Lipinski definition) is 8. The fourth-order valence-corrected chi connectivity index (χ4v) is 4.10. The molecule has 0 N–H and O–H groups in total. The number of thioether (sulfide) groups is 1. The largest absolute Gasteiger partial charge is 0.493 e. The Morgan fingerprint density at radius 3 is 2.56 bits per heavy atom. The molecular weight excluding hydrogens is 458 g/mol. The van der Waals surface area contributed by atoms with Crippen LogP contribution >= 0.6 is 11.8 Å². The second-order valence-corrected chi connectivity index (χ2v) is 8.20. The van der Waals surface area contributed by atoms with Crippen LogP contribution in [0.15, 0.2) is 70.0 Å². The van der Waals surface area contributed by atoms with Gasteiger partial charge in [0.1, 0.15) is 12.4 Å². The average molecular weight is 480 g/mol. The van der Waals surface area contributed by atoms with Crippen LogP contribution in [-0.4, -0.2) is 36.2 Å². The van der Waals surface area contributed by atoms with Crippen molar-refractivity contribution < 1.29 is 33.0 Å². The van der Waals surface area contributed by atoms with E-state index in [9.17, 15) is 14.4 Å². The lowest BCUT2D eigenvalue weighted by Gasteiger charge is -2.12. The zero-order valence-corrected chi connectivity index (χ0v) is 19.3. The van der Waals surface area contributed by atoms with Gasteiger partial charge in [0.15, 0.2) is 11.5 Å². The van der Waals surface area contributed by atoms with Crippen LogP contribution in [0.1, 0.15) is 27.4 Å². The van der Waals surface area contributed by atoms with Gasteiger partial charge in [-0.15, -0.1) is 0 Å². The molecule has 0 radical (unpaired) electrons. The molecule has 2 aromatic carbocycles. The molecule has 2 amide bonds. The minimum absolute atomic E-state index is 0.0745. The van der Waals surface area contributed by atoms with Gasteiger partial charge < -0.3 is 18.6 Å². The zero-order valence-electron chi connectivity index (χ0n) is 18.5. The summed E-state index contributed by atoms with van der Waals surface area (Å²) in [6, 6.07) is 17.6. The van der Waals surface area contributed by atoms with Gasteiger partial charge in [-0.1, -0.05) is 36.4 Å². The predicted molar refractivity (Wildman–Crippen MR) is 125 cm³/mol. The van der Waals surface area contributed by atoms with Crippen molar-refractivity contribution in [2.75, 3.05) is 14.2 Å². The van der Waals surface area contributed by atoms with Crippen molar-refractivity contribution >= 4 is 35.0 Å². The van der Waals surface area contributed by atoms with E-state index in [0.29, 0.717) is 27.7 Å². The molecule has 3 aromatic rings. The molecule has 0 atom stereocenters. The summed E-state index contributed by atoms with van der Waals surface area (Å²) >= 11 is 0.904. The van der Waals surface area contributed by atoms with Crippen LogP contribution < -0.4 is 9.47 Å². The Balaban J connectivity index is 1.45. The van der Waals surface area contributed by atoms with Crippen LogP contribution in [0.25, 0.3) is 6.08 Å². The number of benzene rings is 2. The molecule has 34 heavy (non-hydrogen) atoms. The fourth-order valence-electron chi connectivity index (χ4n) is 3.26. The highest BCUT2D eigenvalue weighted by Gasteiger charge is 2.35. The van der Waals surface area contributed by atoms with Gasteiger partial charge in [0.25, 0.3) is 11.1 Å². The molecule has 1 saturated heterocycles. The minimum Gasteiger partial charge on any atom is -0.493 e. The number of hydrogen-bond donors (Lipinski definition) is 0. The zero-order chi connectivity index (χ0) is 24.1. The second kappa shape index (κ2) is 10.3. The first-order valence-corrected chi connectivity index (χ1v) is 11.1. The molecule has 0 bridgehead atoms. The third-order valence-electron chi connectivity index (χ3n) is 4.96. The smallest absolute Gasteiger partial charge is 0.373 e. The topological polar surface area (TPSA) is 95.3 Å². The van der Waals surface area contributed by atoms with Gasteiger partial charge in [0.05, 0.1) is 25.7 Å². The minimum atomic E-state index is -0.568. The van der Waals surface area contributed by atoms with E-state index in [-0.39, 0.29) is 30.1 Å². The van der Waals surface area contributed by atoms with Gasteiger partial charge in [-0.3, -0.25) is 14.5 Å². The molecule has 174 valence electrons. The van der Waals surface area contributed by atoms with Gasteiger partial charge in [-0.05, 0) is 53.2 Å².